The van der Waals surface area contributed by atoms with E-state index in [1.54, 1.807) is 24.3 Å². The van der Waals surface area contributed by atoms with Gasteiger partial charge in [-0.05, 0) is 42.7 Å². The first-order chi connectivity index (χ1) is 14.6. The normalized spacial score (nSPS) is 15.3. The average molecular weight is 454 g/mol. The predicted octanol–water partition coefficient (Wildman–Crippen LogP) is 4.06. The number of rotatable bonds is 7. The van der Waals surface area contributed by atoms with Gasteiger partial charge in [0.15, 0.2) is 6.61 Å². The number of nitrogens with one attached hydrogen (secondary N) is 1. The summed E-state index contributed by atoms with van der Waals surface area (Å²) < 4.78 is 69.4. The summed E-state index contributed by atoms with van der Waals surface area (Å²) >= 11 is 0. The van der Waals surface area contributed by atoms with E-state index in [1.165, 1.54) is 22.5 Å². The van der Waals surface area contributed by atoms with Gasteiger partial charge < -0.3 is 10.1 Å². The van der Waals surface area contributed by atoms with Crippen molar-refractivity contribution in [1.29, 1.82) is 0 Å². The largest absolute Gasteiger partial charge is 0.482 e. The van der Waals surface area contributed by atoms with E-state index in [1.807, 2.05) is 6.07 Å². The summed E-state index contributed by atoms with van der Waals surface area (Å²) in [6.45, 7) is -0.833. The molecule has 0 bridgehead atoms. The number of benzene rings is 2. The predicted molar refractivity (Wildman–Crippen MR) is 110 cm³/mol. The highest BCUT2D eigenvalue weighted by Crippen LogP contribution is 2.31. The average Bonchev–Trinajstić information content (AvgIpc) is 3.27. The number of hydrogen-bond donors (Lipinski definition) is 1. The van der Waals surface area contributed by atoms with Gasteiger partial charge in [0, 0.05) is 19.2 Å². The van der Waals surface area contributed by atoms with Gasteiger partial charge in [-0.3, -0.25) is 4.79 Å². The van der Waals surface area contributed by atoms with E-state index in [-0.39, 0.29) is 16.3 Å². The molecule has 6 nitrogen and oxygen atoms in total. The van der Waals surface area contributed by atoms with Crippen LogP contribution in [0.25, 0.3) is 6.08 Å². The van der Waals surface area contributed by atoms with E-state index in [0.29, 0.717) is 13.1 Å². The number of alkyl halides is 3. The molecular weight excluding hydrogens is 433 g/mol. The van der Waals surface area contributed by atoms with Crippen LogP contribution < -0.4 is 10.1 Å². The fourth-order valence-corrected chi connectivity index (χ4v) is 4.58. The molecular formula is C21H21F3N2O4S. The van der Waals surface area contributed by atoms with Crippen molar-refractivity contribution in [3.8, 4) is 5.75 Å². The van der Waals surface area contributed by atoms with Gasteiger partial charge in [0.05, 0.1) is 10.6 Å². The Balaban J connectivity index is 1.86. The number of anilines is 1. The van der Waals surface area contributed by atoms with E-state index < -0.39 is 28.7 Å². The van der Waals surface area contributed by atoms with Crippen LogP contribution in [-0.2, 0) is 14.8 Å². The Morgan fingerprint density at radius 3 is 2.42 bits per heavy atom. The number of halogens is 3. The van der Waals surface area contributed by atoms with E-state index in [2.05, 4.69) is 5.32 Å². The van der Waals surface area contributed by atoms with Crippen LogP contribution in [0.5, 0.6) is 5.75 Å². The maximum absolute atomic E-state index is 12.8. The molecule has 1 fully saturated rings. The molecule has 3 rings (SSSR count). The molecule has 0 radical (unpaired) electrons. The van der Waals surface area contributed by atoms with Crippen LogP contribution in [-0.4, -0.2) is 44.5 Å². The van der Waals surface area contributed by atoms with Crippen molar-refractivity contribution in [3.05, 3.63) is 60.2 Å². The third-order valence-electron chi connectivity index (χ3n) is 4.53. The zero-order valence-electron chi connectivity index (χ0n) is 16.4. The van der Waals surface area contributed by atoms with Crippen LogP contribution in [0.4, 0.5) is 18.9 Å². The minimum atomic E-state index is -4.59. The zero-order valence-corrected chi connectivity index (χ0v) is 17.2. The number of carbonyl (C=O) groups is 1. The van der Waals surface area contributed by atoms with Gasteiger partial charge in [-0.1, -0.05) is 30.3 Å². The smallest absolute Gasteiger partial charge is 0.422 e. The van der Waals surface area contributed by atoms with Gasteiger partial charge in [0.25, 0.3) is 0 Å². The Bertz CT molecular complexity index is 1050. The zero-order chi connectivity index (χ0) is 22.5. The van der Waals surface area contributed by atoms with Crippen molar-refractivity contribution >= 4 is 27.7 Å². The SMILES string of the molecule is O=C(/C=C/c1ccccc1)Nc1cc(S(=O)(=O)N2CCCC2)ccc1OCC(F)(F)F. The molecule has 31 heavy (non-hydrogen) atoms. The van der Waals surface area contributed by atoms with E-state index in [9.17, 15) is 26.4 Å². The molecule has 1 saturated heterocycles. The molecule has 1 heterocycles. The minimum absolute atomic E-state index is 0.129. The van der Waals surface area contributed by atoms with Crippen molar-refractivity contribution in [2.75, 3.05) is 25.0 Å². The van der Waals surface area contributed by atoms with Crippen LogP contribution in [0.1, 0.15) is 18.4 Å². The molecule has 0 unspecified atom stereocenters. The van der Waals surface area contributed by atoms with Crippen LogP contribution in [0.3, 0.4) is 0 Å². The Morgan fingerprint density at radius 2 is 1.77 bits per heavy atom. The quantitative estimate of drug-likeness (QED) is 0.640. The van der Waals surface area contributed by atoms with E-state index in [4.69, 9.17) is 4.74 Å². The molecule has 0 spiro atoms. The summed E-state index contributed by atoms with van der Waals surface area (Å²) in [5.74, 6) is -0.921. The number of carbonyl (C=O) groups excluding carboxylic acids is 1. The number of nitrogens with zero attached hydrogens (tertiary/aromatic N) is 1. The van der Waals surface area contributed by atoms with Gasteiger partial charge >= 0.3 is 6.18 Å². The Morgan fingerprint density at radius 1 is 1.10 bits per heavy atom. The van der Waals surface area contributed by atoms with Crippen molar-refractivity contribution in [2.24, 2.45) is 0 Å². The van der Waals surface area contributed by atoms with Gasteiger partial charge in [0.2, 0.25) is 15.9 Å². The molecule has 0 saturated carbocycles. The highest BCUT2D eigenvalue weighted by atomic mass is 32.2. The van der Waals surface area contributed by atoms with Crippen LogP contribution in [0.2, 0.25) is 0 Å². The molecule has 0 aliphatic carbocycles. The summed E-state index contributed by atoms with van der Waals surface area (Å²) in [7, 11) is -3.83. The lowest BCUT2D eigenvalue weighted by atomic mass is 10.2. The molecule has 2 aromatic rings. The molecule has 1 amide bonds. The van der Waals surface area contributed by atoms with Crippen molar-refractivity contribution in [2.45, 2.75) is 23.9 Å². The first-order valence-electron chi connectivity index (χ1n) is 9.53. The molecule has 166 valence electrons. The van der Waals surface area contributed by atoms with E-state index in [0.717, 1.165) is 30.5 Å². The molecule has 10 heteroatoms. The first-order valence-corrected chi connectivity index (χ1v) is 11.0. The Kier molecular flexibility index (Phi) is 7.01. The van der Waals surface area contributed by atoms with Crippen molar-refractivity contribution < 1.29 is 31.1 Å². The molecule has 0 aromatic heterocycles. The number of sulfonamides is 1. The van der Waals surface area contributed by atoms with Gasteiger partial charge in [-0.2, -0.15) is 17.5 Å². The highest BCUT2D eigenvalue weighted by Gasteiger charge is 2.30. The lowest BCUT2D eigenvalue weighted by molar-refractivity contribution is -0.153. The topological polar surface area (TPSA) is 75.7 Å². The van der Waals surface area contributed by atoms with Gasteiger partial charge in [-0.25, -0.2) is 8.42 Å². The monoisotopic (exact) mass is 454 g/mol. The van der Waals surface area contributed by atoms with Crippen molar-refractivity contribution in [1.82, 2.24) is 4.31 Å². The molecule has 1 aliphatic rings. The second-order valence-electron chi connectivity index (χ2n) is 6.91. The van der Waals surface area contributed by atoms with E-state index >= 15 is 0 Å². The summed E-state index contributed by atoms with van der Waals surface area (Å²) in [5.41, 5.74) is 0.587. The van der Waals surface area contributed by atoms with Gasteiger partial charge in [0.1, 0.15) is 5.75 Å². The second kappa shape index (κ2) is 9.52. The molecule has 1 aliphatic heterocycles. The van der Waals surface area contributed by atoms with Gasteiger partial charge in [-0.15, -0.1) is 0 Å². The van der Waals surface area contributed by atoms with Crippen LogP contribution in [0.15, 0.2) is 59.5 Å². The standard InChI is InChI=1S/C21H21F3N2O4S/c22-21(23,24)15-30-19-10-9-17(31(28,29)26-12-4-5-13-26)14-18(19)25-20(27)11-8-16-6-2-1-3-7-16/h1-3,6-11,14H,4-5,12-13,15H2,(H,25,27)/b11-8+. The summed E-state index contributed by atoms with van der Waals surface area (Å²) in [6.07, 6.45) is -0.393. The van der Waals surface area contributed by atoms with Crippen LogP contribution >= 0.6 is 0 Å². The fourth-order valence-electron chi connectivity index (χ4n) is 3.04. The Hall–Kier alpha value is -2.85. The third-order valence-corrected chi connectivity index (χ3v) is 6.42. The summed E-state index contributed by atoms with van der Waals surface area (Å²) in [4.78, 5) is 12.2. The lowest BCUT2D eigenvalue weighted by Gasteiger charge is -2.18. The third kappa shape index (κ3) is 6.31. The summed E-state index contributed by atoms with van der Waals surface area (Å²) in [5, 5.41) is 2.42. The number of hydrogen-bond acceptors (Lipinski definition) is 4. The Labute approximate surface area is 178 Å². The maximum Gasteiger partial charge on any atom is 0.422 e. The first kappa shape index (κ1) is 22.8. The number of ether oxygens (including phenoxy) is 1. The van der Waals surface area contributed by atoms with Crippen molar-refractivity contribution in [3.63, 3.8) is 0 Å². The van der Waals surface area contributed by atoms with Crippen LogP contribution in [0, 0.1) is 0 Å². The highest BCUT2D eigenvalue weighted by molar-refractivity contribution is 7.89. The maximum atomic E-state index is 12.8. The lowest BCUT2D eigenvalue weighted by Crippen LogP contribution is -2.28. The summed E-state index contributed by atoms with van der Waals surface area (Å²) in [6, 6.07) is 12.3. The minimum Gasteiger partial charge on any atom is -0.482 e. The number of amides is 1. The second-order valence-corrected chi connectivity index (χ2v) is 8.84. The fraction of sp³-hybridized carbons (Fsp3) is 0.286. The molecule has 1 N–H and O–H groups in total. The molecule has 2 aromatic carbocycles. The molecule has 0 atom stereocenters.